The molecule has 43 heavy (non-hydrogen) atoms. The van der Waals surface area contributed by atoms with Crippen LogP contribution in [0.5, 0.6) is 5.75 Å². The van der Waals surface area contributed by atoms with E-state index >= 15 is 0 Å². The van der Waals surface area contributed by atoms with Gasteiger partial charge in [0.1, 0.15) is 21.4 Å². The Labute approximate surface area is 256 Å². The summed E-state index contributed by atoms with van der Waals surface area (Å²) in [6.45, 7) is 8.57. The number of piperidine rings is 1. The molecule has 0 spiro atoms. The van der Waals surface area contributed by atoms with E-state index in [1.54, 1.807) is 9.80 Å². The molecule has 3 aliphatic heterocycles. The normalized spacial score (nSPS) is 19.0. The number of urea groups is 1. The van der Waals surface area contributed by atoms with Crippen LogP contribution in [0.3, 0.4) is 0 Å². The summed E-state index contributed by atoms with van der Waals surface area (Å²) in [5, 5.41) is 13.3. The SMILES string of the molecule is Bc1cc(C[C@@H](OC(=O)N2CCC(N3CCc4ccccc4NC3=O)CC2)C(=O)N2CCN(C(C)C)CC2)cc(B)c1O. The lowest BCUT2D eigenvalue weighted by Gasteiger charge is -2.39. The fourth-order valence-corrected chi connectivity index (χ4v) is 6.51. The van der Waals surface area contributed by atoms with Crippen LogP contribution in [0.1, 0.15) is 37.8 Å². The van der Waals surface area contributed by atoms with E-state index in [0.717, 1.165) is 47.3 Å². The van der Waals surface area contributed by atoms with E-state index in [-0.39, 0.29) is 30.2 Å². The number of likely N-dealkylation sites (tertiary alicyclic amines) is 1. The molecule has 5 rings (SSSR count). The molecule has 3 aliphatic rings. The van der Waals surface area contributed by atoms with E-state index in [0.29, 0.717) is 51.6 Å². The van der Waals surface area contributed by atoms with Crippen LogP contribution in [0, 0.1) is 0 Å². The first-order valence-corrected chi connectivity index (χ1v) is 15.5. The summed E-state index contributed by atoms with van der Waals surface area (Å²) >= 11 is 0. The van der Waals surface area contributed by atoms with Gasteiger partial charge in [-0.15, -0.1) is 0 Å². The van der Waals surface area contributed by atoms with Crippen LogP contribution in [-0.2, 0) is 22.4 Å². The zero-order chi connectivity index (χ0) is 30.7. The molecule has 10 nitrogen and oxygen atoms in total. The van der Waals surface area contributed by atoms with Gasteiger partial charge in [-0.25, -0.2) is 9.59 Å². The number of carbonyl (C=O) groups is 3. The van der Waals surface area contributed by atoms with Crippen LogP contribution < -0.4 is 16.2 Å². The minimum absolute atomic E-state index is 0.0241. The monoisotopic (exact) mass is 587 g/mol. The number of hydrogen-bond acceptors (Lipinski definition) is 6. The number of rotatable bonds is 6. The Hall–Kier alpha value is -3.66. The molecular formula is C31H43B2N5O5. The number of anilines is 1. The van der Waals surface area contributed by atoms with Gasteiger partial charge in [0.05, 0.1) is 0 Å². The fourth-order valence-electron chi connectivity index (χ4n) is 6.51. The summed E-state index contributed by atoms with van der Waals surface area (Å²) < 4.78 is 5.98. The number of benzene rings is 2. The Kier molecular flexibility index (Phi) is 9.54. The predicted octanol–water partition coefficient (Wildman–Crippen LogP) is 0.0639. The molecule has 0 saturated carbocycles. The summed E-state index contributed by atoms with van der Waals surface area (Å²) in [6, 6.07) is 11.9. The molecule has 3 heterocycles. The summed E-state index contributed by atoms with van der Waals surface area (Å²) in [7, 11) is 3.65. The number of hydrogen-bond donors (Lipinski definition) is 2. The van der Waals surface area contributed by atoms with Crippen molar-refractivity contribution in [3.05, 3.63) is 47.5 Å². The topological polar surface area (TPSA) is 106 Å². The number of aromatic hydroxyl groups is 1. The van der Waals surface area contributed by atoms with E-state index in [1.165, 1.54) is 0 Å². The van der Waals surface area contributed by atoms with Crippen molar-refractivity contribution in [2.24, 2.45) is 0 Å². The van der Waals surface area contributed by atoms with E-state index < -0.39 is 12.2 Å². The lowest BCUT2D eigenvalue weighted by atomic mass is 9.83. The Morgan fingerprint density at radius 3 is 2.28 bits per heavy atom. The Morgan fingerprint density at radius 2 is 1.63 bits per heavy atom. The molecule has 2 N–H and O–H groups in total. The number of amides is 4. The van der Waals surface area contributed by atoms with Crippen LogP contribution in [0.2, 0.25) is 0 Å². The number of fused-ring (bicyclic) bond motifs is 1. The summed E-state index contributed by atoms with van der Waals surface area (Å²) in [6.07, 6.45) is 0.840. The average molecular weight is 587 g/mol. The lowest BCUT2D eigenvalue weighted by Crippen LogP contribution is -2.54. The number of phenols is 1. The second-order valence-corrected chi connectivity index (χ2v) is 12.4. The molecule has 0 bridgehead atoms. The molecule has 2 fully saturated rings. The number of nitrogens with one attached hydrogen (secondary N) is 1. The number of ether oxygens (including phenoxy) is 1. The number of piperazine rings is 1. The lowest BCUT2D eigenvalue weighted by molar-refractivity contribution is -0.143. The third kappa shape index (κ3) is 7.12. The van der Waals surface area contributed by atoms with Crippen LogP contribution in [-0.4, -0.2) is 122 Å². The second kappa shape index (κ2) is 13.3. The standard InChI is InChI=1S/C31H43B2N5O5/c1-20(2)35-13-15-36(16-14-35)29(40)27(19-21-17-24(32)28(39)25(33)18-21)43-31(42)37-10-8-23(9-11-37)38-12-7-22-5-3-4-6-26(22)34-30(38)41/h3-6,17-18,20,23,27,39H,7-16,19,32-33H2,1-2H3,(H,34,41)/t27-/m1/s1. The molecule has 2 saturated heterocycles. The van der Waals surface area contributed by atoms with E-state index in [1.807, 2.05) is 57.0 Å². The van der Waals surface area contributed by atoms with Crippen LogP contribution in [0.4, 0.5) is 15.3 Å². The molecular weight excluding hydrogens is 544 g/mol. The minimum atomic E-state index is -0.964. The van der Waals surface area contributed by atoms with E-state index in [2.05, 4.69) is 24.1 Å². The van der Waals surface area contributed by atoms with Crippen molar-refractivity contribution in [2.75, 3.05) is 51.1 Å². The maximum atomic E-state index is 13.8. The number of phenolic OH excluding ortho intramolecular Hbond substituents is 1. The van der Waals surface area contributed by atoms with Crippen molar-refractivity contribution in [1.29, 1.82) is 0 Å². The highest BCUT2D eigenvalue weighted by atomic mass is 16.6. The maximum Gasteiger partial charge on any atom is 0.410 e. The zero-order valence-corrected chi connectivity index (χ0v) is 25.8. The van der Waals surface area contributed by atoms with E-state index in [9.17, 15) is 19.5 Å². The van der Waals surface area contributed by atoms with Crippen molar-refractivity contribution >= 4 is 50.3 Å². The number of nitrogens with zero attached hydrogens (tertiary/aromatic N) is 4. The molecule has 12 heteroatoms. The van der Waals surface area contributed by atoms with Gasteiger partial charge < -0.3 is 29.9 Å². The first kappa shape index (κ1) is 30.8. The highest BCUT2D eigenvalue weighted by molar-refractivity contribution is 6.41. The van der Waals surface area contributed by atoms with Gasteiger partial charge in [-0.05, 0) is 61.2 Å². The molecule has 228 valence electrons. The van der Waals surface area contributed by atoms with Gasteiger partial charge in [0.2, 0.25) is 0 Å². The molecule has 2 aromatic carbocycles. The smallest absolute Gasteiger partial charge is 0.410 e. The Bertz CT molecular complexity index is 1320. The van der Waals surface area contributed by atoms with Crippen molar-refractivity contribution in [2.45, 2.75) is 57.7 Å². The van der Waals surface area contributed by atoms with Gasteiger partial charge in [-0.3, -0.25) is 9.69 Å². The van der Waals surface area contributed by atoms with Gasteiger partial charge in [0, 0.05) is 70.0 Å². The van der Waals surface area contributed by atoms with Crippen LogP contribution in [0.15, 0.2) is 36.4 Å². The van der Waals surface area contributed by atoms with Gasteiger partial charge in [0.25, 0.3) is 5.91 Å². The molecule has 0 aromatic heterocycles. The summed E-state index contributed by atoms with van der Waals surface area (Å²) in [5.41, 5.74) is 4.27. The summed E-state index contributed by atoms with van der Waals surface area (Å²) in [4.78, 5) is 47.9. The fraction of sp³-hybridized carbons (Fsp3) is 0.516. The number of para-hydroxylation sites is 1. The quantitative estimate of drug-likeness (QED) is 0.464. The molecule has 4 amide bonds. The third-order valence-electron chi connectivity index (χ3n) is 9.15. The van der Waals surface area contributed by atoms with Crippen LogP contribution >= 0.6 is 0 Å². The minimum Gasteiger partial charge on any atom is -0.509 e. The third-order valence-corrected chi connectivity index (χ3v) is 9.15. The molecule has 0 radical (unpaired) electrons. The van der Waals surface area contributed by atoms with Gasteiger partial charge >= 0.3 is 12.1 Å². The average Bonchev–Trinajstić information content (AvgIpc) is 3.17. The van der Waals surface area contributed by atoms with Gasteiger partial charge in [-0.2, -0.15) is 0 Å². The molecule has 1 atom stereocenters. The zero-order valence-electron chi connectivity index (χ0n) is 25.8. The van der Waals surface area contributed by atoms with E-state index in [4.69, 9.17) is 4.74 Å². The largest absolute Gasteiger partial charge is 0.509 e. The Balaban J connectivity index is 1.23. The maximum absolute atomic E-state index is 13.8. The second-order valence-electron chi connectivity index (χ2n) is 12.4. The summed E-state index contributed by atoms with van der Waals surface area (Å²) in [5.74, 6) is 0.0501. The van der Waals surface area contributed by atoms with Crippen molar-refractivity contribution in [3.63, 3.8) is 0 Å². The first-order chi connectivity index (χ1) is 20.6. The number of carbonyl (C=O) groups excluding carboxylic acids is 3. The molecule has 0 aliphatic carbocycles. The van der Waals surface area contributed by atoms with Crippen molar-refractivity contribution in [1.82, 2.24) is 19.6 Å². The van der Waals surface area contributed by atoms with Gasteiger partial charge in [0.15, 0.2) is 6.10 Å². The van der Waals surface area contributed by atoms with Gasteiger partial charge in [-0.1, -0.05) is 30.3 Å². The van der Waals surface area contributed by atoms with Crippen LogP contribution in [0.25, 0.3) is 0 Å². The Morgan fingerprint density at radius 1 is 0.977 bits per heavy atom. The van der Waals surface area contributed by atoms with Crippen molar-refractivity contribution < 1.29 is 24.2 Å². The highest BCUT2D eigenvalue weighted by Gasteiger charge is 2.35. The first-order valence-electron chi connectivity index (χ1n) is 15.5. The molecule has 2 aromatic rings. The molecule has 0 unspecified atom stereocenters. The predicted molar refractivity (Wildman–Crippen MR) is 172 cm³/mol. The highest BCUT2D eigenvalue weighted by Crippen LogP contribution is 2.25. The van der Waals surface area contributed by atoms with Crippen molar-refractivity contribution in [3.8, 4) is 5.75 Å².